The van der Waals surface area contributed by atoms with Crippen molar-refractivity contribution in [2.45, 2.75) is 13.5 Å². The maximum atomic E-state index is 11.9. The molecule has 0 aliphatic carbocycles. The number of anilines is 2. The van der Waals surface area contributed by atoms with Gasteiger partial charge >= 0.3 is 6.09 Å². The average molecular weight is 319 g/mol. The fraction of sp³-hybridized carbons (Fsp3) is 0.286. The number of carbonyl (C=O) groups excluding carboxylic acids is 2. The van der Waals surface area contributed by atoms with Gasteiger partial charge in [0.15, 0.2) is 5.82 Å². The SMILES string of the molecule is CCOC(=O)Nc1cn(CC(=O)Nc2ccc(OC)cc2)nn1. The second-order valence-corrected chi connectivity index (χ2v) is 4.42. The molecule has 0 saturated carbocycles. The van der Waals surface area contributed by atoms with Crippen molar-refractivity contribution in [2.24, 2.45) is 0 Å². The van der Waals surface area contributed by atoms with E-state index in [-0.39, 0.29) is 24.9 Å². The summed E-state index contributed by atoms with van der Waals surface area (Å²) >= 11 is 0. The third-order valence-electron chi connectivity index (χ3n) is 2.72. The first-order valence-electron chi connectivity index (χ1n) is 6.88. The lowest BCUT2D eigenvalue weighted by Gasteiger charge is -2.06. The van der Waals surface area contributed by atoms with Crippen molar-refractivity contribution in [1.82, 2.24) is 15.0 Å². The summed E-state index contributed by atoms with van der Waals surface area (Å²) in [6.07, 6.45) is 0.812. The molecule has 0 bridgehead atoms. The Morgan fingerprint density at radius 1 is 1.22 bits per heavy atom. The van der Waals surface area contributed by atoms with E-state index in [0.29, 0.717) is 11.4 Å². The Labute approximate surface area is 132 Å². The summed E-state index contributed by atoms with van der Waals surface area (Å²) in [5.41, 5.74) is 0.640. The van der Waals surface area contributed by atoms with Crippen LogP contribution >= 0.6 is 0 Å². The Balaban J connectivity index is 1.87. The fourth-order valence-corrected chi connectivity index (χ4v) is 1.73. The van der Waals surface area contributed by atoms with Gasteiger partial charge in [-0.25, -0.2) is 9.48 Å². The molecule has 2 rings (SSSR count). The first kappa shape index (κ1) is 16.3. The summed E-state index contributed by atoms with van der Waals surface area (Å²) in [4.78, 5) is 23.2. The molecule has 2 amide bonds. The molecule has 1 aromatic heterocycles. The summed E-state index contributed by atoms with van der Waals surface area (Å²) in [6, 6.07) is 6.94. The molecule has 9 heteroatoms. The normalized spacial score (nSPS) is 10.0. The Morgan fingerprint density at radius 3 is 2.61 bits per heavy atom. The minimum Gasteiger partial charge on any atom is -0.497 e. The van der Waals surface area contributed by atoms with Gasteiger partial charge in [0.1, 0.15) is 12.3 Å². The van der Waals surface area contributed by atoms with Gasteiger partial charge < -0.3 is 14.8 Å². The second-order valence-electron chi connectivity index (χ2n) is 4.42. The zero-order chi connectivity index (χ0) is 16.7. The van der Waals surface area contributed by atoms with E-state index in [2.05, 4.69) is 20.9 Å². The van der Waals surface area contributed by atoms with Gasteiger partial charge in [0.05, 0.1) is 19.9 Å². The molecule has 0 aliphatic heterocycles. The molecule has 2 N–H and O–H groups in total. The molecule has 0 saturated heterocycles. The van der Waals surface area contributed by atoms with Crippen molar-refractivity contribution in [3.05, 3.63) is 30.5 Å². The van der Waals surface area contributed by atoms with Gasteiger partial charge in [-0.15, -0.1) is 5.10 Å². The number of nitrogens with zero attached hydrogens (tertiary/aromatic N) is 3. The quantitative estimate of drug-likeness (QED) is 0.835. The second kappa shape index (κ2) is 7.78. The van der Waals surface area contributed by atoms with Gasteiger partial charge in [0.25, 0.3) is 0 Å². The van der Waals surface area contributed by atoms with Crippen molar-refractivity contribution in [2.75, 3.05) is 24.4 Å². The van der Waals surface area contributed by atoms with E-state index in [4.69, 9.17) is 9.47 Å². The maximum Gasteiger partial charge on any atom is 0.412 e. The van der Waals surface area contributed by atoms with Crippen LogP contribution in [0.3, 0.4) is 0 Å². The standard InChI is InChI=1S/C14H17N5O4/c1-3-23-14(21)16-12-8-19(18-17-12)9-13(20)15-10-4-6-11(22-2)7-5-10/h4-8H,3,9H2,1-2H3,(H,15,20)(H,16,21). The van der Waals surface area contributed by atoms with E-state index in [1.807, 2.05) is 0 Å². The highest BCUT2D eigenvalue weighted by Gasteiger charge is 2.09. The molecule has 23 heavy (non-hydrogen) atoms. The van der Waals surface area contributed by atoms with Crippen molar-refractivity contribution in [3.63, 3.8) is 0 Å². The molecule has 1 aromatic carbocycles. The zero-order valence-electron chi connectivity index (χ0n) is 12.8. The largest absolute Gasteiger partial charge is 0.497 e. The van der Waals surface area contributed by atoms with Gasteiger partial charge in [-0.1, -0.05) is 5.21 Å². The lowest BCUT2D eigenvalue weighted by Crippen LogP contribution is -2.19. The van der Waals surface area contributed by atoms with Gasteiger partial charge in [0.2, 0.25) is 5.91 Å². The lowest BCUT2D eigenvalue weighted by atomic mass is 10.3. The molecular formula is C14H17N5O4. The smallest absolute Gasteiger partial charge is 0.412 e. The first-order chi connectivity index (χ1) is 11.1. The predicted molar refractivity (Wildman–Crippen MR) is 82.3 cm³/mol. The molecule has 0 aliphatic rings. The molecule has 1 heterocycles. The lowest BCUT2D eigenvalue weighted by molar-refractivity contribution is -0.116. The monoisotopic (exact) mass is 319 g/mol. The van der Waals surface area contributed by atoms with Crippen LogP contribution in [0.25, 0.3) is 0 Å². The highest BCUT2D eigenvalue weighted by Crippen LogP contribution is 2.14. The number of nitrogens with one attached hydrogen (secondary N) is 2. The van der Waals surface area contributed by atoms with Crippen LogP contribution in [0.4, 0.5) is 16.3 Å². The van der Waals surface area contributed by atoms with Crippen molar-refractivity contribution < 1.29 is 19.1 Å². The summed E-state index contributed by atoms with van der Waals surface area (Å²) in [5, 5.41) is 12.6. The first-order valence-corrected chi connectivity index (χ1v) is 6.88. The van der Waals surface area contributed by atoms with E-state index in [1.54, 1.807) is 38.3 Å². The molecule has 0 spiro atoms. The van der Waals surface area contributed by atoms with Crippen LogP contribution in [-0.2, 0) is 16.1 Å². The number of benzene rings is 1. The van der Waals surface area contributed by atoms with Crippen LogP contribution in [0, 0.1) is 0 Å². The van der Waals surface area contributed by atoms with Crippen LogP contribution in [0.5, 0.6) is 5.75 Å². The van der Waals surface area contributed by atoms with E-state index in [0.717, 1.165) is 0 Å². The molecule has 0 atom stereocenters. The minimum atomic E-state index is -0.623. The molecule has 2 aromatic rings. The highest BCUT2D eigenvalue weighted by molar-refractivity contribution is 5.90. The predicted octanol–water partition coefficient (Wildman–Crippen LogP) is 1.49. The van der Waals surface area contributed by atoms with Crippen LogP contribution in [0.1, 0.15) is 6.92 Å². The number of hydrogen-bond acceptors (Lipinski definition) is 6. The van der Waals surface area contributed by atoms with E-state index < -0.39 is 6.09 Å². The Morgan fingerprint density at radius 2 is 1.96 bits per heavy atom. The number of methoxy groups -OCH3 is 1. The maximum absolute atomic E-state index is 11.9. The number of aromatic nitrogens is 3. The Hall–Kier alpha value is -3.10. The van der Waals surface area contributed by atoms with Gasteiger partial charge in [0, 0.05) is 5.69 Å². The number of carbonyl (C=O) groups is 2. The molecular weight excluding hydrogens is 302 g/mol. The summed E-state index contributed by atoms with van der Waals surface area (Å²) in [7, 11) is 1.57. The molecule has 9 nitrogen and oxygen atoms in total. The van der Waals surface area contributed by atoms with Gasteiger partial charge in [-0.2, -0.15) is 0 Å². The summed E-state index contributed by atoms with van der Waals surface area (Å²) in [6.45, 7) is 1.91. The molecule has 0 fully saturated rings. The van der Waals surface area contributed by atoms with E-state index >= 15 is 0 Å². The Bertz CT molecular complexity index is 668. The van der Waals surface area contributed by atoms with E-state index in [1.165, 1.54) is 10.9 Å². The van der Waals surface area contributed by atoms with E-state index in [9.17, 15) is 9.59 Å². The van der Waals surface area contributed by atoms with Crippen LogP contribution in [0.2, 0.25) is 0 Å². The topological polar surface area (TPSA) is 107 Å². The van der Waals surface area contributed by atoms with Crippen molar-refractivity contribution in [3.8, 4) is 5.75 Å². The Kier molecular flexibility index (Phi) is 5.50. The third kappa shape index (κ3) is 4.99. The molecule has 122 valence electrons. The average Bonchev–Trinajstić information content (AvgIpc) is 2.95. The molecule has 0 radical (unpaired) electrons. The van der Waals surface area contributed by atoms with Crippen LogP contribution in [0.15, 0.2) is 30.5 Å². The number of amides is 2. The summed E-state index contributed by atoms with van der Waals surface area (Å²) in [5.74, 6) is 0.636. The molecule has 0 unspecified atom stereocenters. The van der Waals surface area contributed by atoms with Crippen LogP contribution < -0.4 is 15.4 Å². The van der Waals surface area contributed by atoms with Crippen LogP contribution in [-0.4, -0.2) is 40.7 Å². The van der Waals surface area contributed by atoms with Gasteiger partial charge in [-0.05, 0) is 31.2 Å². The van der Waals surface area contributed by atoms with Gasteiger partial charge in [-0.3, -0.25) is 10.1 Å². The number of hydrogen-bond donors (Lipinski definition) is 2. The minimum absolute atomic E-state index is 0.0382. The zero-order valence-corrected chi connectivity index (χ0v) is 12.8. The third-order valence-corrected chi connectivity index (χ3v) is 2.72. The van der Waals surface area contributed by atoms with Crippen molar-refractivity contribution >= 4 is 23.5 Å². The number of ether oxygens (including phenoxy) is 2. The number of rotatable bonds is 6. The van der Waals surface area contributed by atoms with Crippen molar-refractivity contribution in [1.29, 1.82) is 0 Å². The fourth-order valence-electron chi connectivity index (χ4n) is 1.73. The highest BCUT2D eigenvalue weighted by atomic mass is 16.5. The summed E-state index contributed by atoms with van der Waals surface area (Å²) < 4.78 is 11.1.